The van der Waals surface area contributed by atoms with Gasteiger partial charge in [0.05, 0.1) is 0 Å². The summed E-state index contributed by atoms with van der Waals surface area (Å²) in [5, 5.41) is 0. The van der Waals surface area contributed by atoms with Gasteiger partial charge in [-0.05, 0) is 18.9 Å². The summed E-state index contributed by atoms with van der Waals surface area (Å²) >= 11 is 0. The van der Waals surface area contributed by atoms with Gasteiger partial charge in [-0.2, -0.15) is 22.0 Å². The fourth-order valence-electron chi connectivity index (χ4n) is 1.42. The first-order valence-corrected chi connectivity index (χ1v) is 5.26. The third kappa shape index (κ3) is 2.49. The van der Waals surface area contributed by atoms with Crippen molar-refractivity contribution in [1.82, 2.24) is 9.97 Å². The predicted molar refractivity (Wildman–Crippen MR) is 52.5 cm³/mol. The molecular weight excluding hydrogens is 273 g/mol. The molecule has 1 aromatic rings. The van der Waals surface area contributed by atoms with Crippen molar-refractivity contribution in [3.05, 3.63) is 23.3 Å². The molecule has 9 heteroatoms. The van der Waals surface area contributed by atoms with Crippen LogP contribution in [0.4, 0.5) is 22.0 Å². The van der Waals surface area contributed by atoms with E-state index in [-0.39, 0.29) is 17.8 Å². The van der Waals surface area contributed by atoms with Crippen LogP contribution in [0.3, 0.4) is 0 Å². The van der Waals surface area contributed by atoms with Gasteiger partial charge in [0, 0.05) is 5.92 Å². The number of alkyl halides is 5. The summed E-state index contributed by atoms with van der Waals surface area (Å²) in [5.74, 6) is -6.81. The second-order valence-corrected chi connectivity index (χ2v) is 4.21. The second kappa shape index (κ2) is 4.10. The molecule has 1 heterocycles. The second-order valence-electron chi connectivity index (χ2n) is 4.21. The van der Waals surface area contributed by atoms with Gasteiger partial charge < -0.3 is 5.73 Å². The quantitative estimate of drug-likeness (QED) is 0.863. The van der Waals surface area contributed by atoms with E-state index in [4.69, 9.17) is 5.73 Å². The zero-order chi connectivity index (χ0) is 14.4. The number of nitrogens with zero attached hydrogens (tertiary/aromatic N) is 2. The number of halogens is 5. The topological polar surface area (TPSA) is 68.9 Å². The van der Waals surface area contributed by atoms with Crippen molar-refractivity contribution in [2.24, 2.45) is 5.73 Å². The van der Waals surface area contributed by atoms with Gasteiger partial charge in [-0.25, -0.2) is 9.97 Å². The zero-order valence-corrected chi connectivity index (χ0v) is 9.34. The summed E-state index contributed by atoms with van der Waals surface area (Å²) in [4.78, 5) is 17.8. The van der Waals surface area contributed by atoms with Crippen LogP contribution < -0.4 is 5.73 Å². The Hall–Kier alpha value is -1.80. The highest BCUT2D eigenvalue weighted by molar-refractivity contribution is 5.90. The highest BCUT2D eigenvalue weighted by Gasteiger charge is 2.60. The van der Waals surface area contributed by atoms with Crippen LogP contribution in [-0.2, 0) is 5.92 Å². The van der Waals surface area contributed by atoms with E-state index in [1.807, 2.05) is 0 Å². The Labute approximate surface area is 103 Å². The minimum Gasteiger partial charge on any atom is -0.364 e. The van der Waals surface area contributed by atoms with E-state index in [1.165, 1.54) is 0 Å². The largest absolute Gasteiger partial charge is 0.459 e. The molecule has 1 fully saturated rings. The minimum atomic E-state index is -5.79. The average molecular weight is 281 g/mol. The normalized spacial score (nSPS) is 16.5. The molecule has 1 saturated carbocycles. The van der Waals surface area contributed by atoms with Crippen LogP contribution in [0.15, 0.2) is 6.07 Å². The van der Waals surface area contributed by atoms with Crippen LogP contribution in [0, 0.1) is 0 Å². The number of rotatable bonds is 3. The molecule has 4 nitrogen and oxygen atoms in total. The Morgan fingerprint density at radius 3 is 2.21 bits per heavy atom. The molecule has 1 aromatic heterocycles. The van der Waals surface area contributed by atoms with E-state index in [0.717, 1.165) is 0 Å². The van der Waals surface area contributed by atoms with Crippen molar-refractivity contribution < 1.29 is 26.7 Å². The van der Waals surface area contributed by atoms with Crippen LogP contribution in [0.1, 0.15) is 40.8 Å². The number of carbonyl (C=O) groups excluding carboxylic acids is 1. The number of hydrogen-bond donors (Lipinski definition) is 1. The first-order valence-electron chi connectivity index (χ1n) is 5.26. The lowest BCUT2D eigenvalue weighted by Crippen LogP contribution is -2.35. The summed E-state index contributed by atoms with van der Waals surface area (Å²) in [5.41, 5.74) is 2.68. The number of primary amides is 1. The maximum atomic E-state index is 13.2. The fraction of sp³-hybridized carbons (Fsp3) is 0.500. The van der Waals surface area contributed by atoms with Crippen molar-refractivity contribution in [2.75, 3.05) is 0 Å². The van der Waals surface area contributed by atoms with Crippen molar-refractivity contribution in [3.8, 4) is 0 Å². The number of nitrogens with two attached hydrogens (primary N) is 1. The molecule has 0 radical (unpaired) electrons. The first-order chi connectivity index (χ1) is 8.63. The summed E-state index contributed by atoms with van der Waals surface area (Å²) in [6.45, 7) is 0. The van der Waals surface area contributed by atoms with Crippen LogP contribution in [0.25, 0.3) is 0 Å². The van der Waals surface area contributed by atoms with Crippen molar-refractivity contribution in [2.45, 2.75) is 30.9 Å². The molecule has 0 spiro atoms. The van der Waals surface area contributed by atoms with Crippen LogP contribution in [0.5, 0.6) is 0 Å². The molecule has 0 bridgehead atoms. The van der Waals surface area contributed by atoms with E-state index in [9.17, 15) is 26.7 Å². The number of amides is 1. The number of carbonyl (C=O) groups is 1. The summed E-state index contributed by atoms with van der Waals surface area (Å²) in [6.07, 6.45) is -4.63. The Morgan fingerprint density at radius 1 is 1.21 bits per heavy atom. The van der Waals surface area contributed by atoms with Gasteiger partial charge in [-0.3, -0.25) is 4.79 Å². The first kappa shape index (κ1) is 13.6. The van der Waals surface area contributed by atoms with E-state index < -0.39 is 29.4 Å². The Kier molecular flexibility index (Phi) is 2.94. The van der Waals surface area contributed by atoms with Gasteiger partial charge in [0.1, 0.15) is 17.2 Å². The lowest BCUT2D eigenvalue weighted by atomic mass is 10.2. The van der Waals surface area contributed by atoms with Crippen LogP contribution in [-0.4, -0.2) is 22.1 Å². The standard InChI is InChI=1S/C10H8F5N3O/c11-9(12,10(13,14)15)6-3-5(7(16)19)17-8(18-6)4-1-2-4/h3-4H,1-2H2,(H2,16,19). The molecule has 1 aliphatic carbocycles. The SMILES string of the molecule is NC(=O)c1cc(C(F)(F)C(F)(F)F)nc(C2CC2)n1. The third-order valence-corrected chi connectivity index (χ3v) is 2.62. The van der Waals surface area contributed by atoms with Crippen LogP contribution in [0.2, 0.25) is 0 Å². The van der Waals surface area contributed by atoms with Gasteiger partial charge in [-0.15, -0.1) is 0 Å². The van der Waals surface area contributed by atoms with Gasteiger partial charge in [0.2, 0.25) is 0 Å². The molecule has 0 unspecified atom stereocenters. The predicted octanol–water partition coefficient (Wildman–Crippen LogP) is 2.11. The summed E-state index contributed by atoms with van der Waals surface area (Å²) < 4.78 is 63.2. The van der Waals surface area contributed by atoms with E-state index in [2.05, 4.69) is 9.97 Å². The smallest absolute Gasteiger partial charge is 0.364 e. The van der Waals surface area contributed by atoms with Gasteiger partial charge in [0.15, 0.2) is 0 Å². The van der Waals surface area contributed by atoms with E-state index in [1.54, 1.807) is 0 Å². The summed E-state index contributed by atoms with van der Waals surface area (Å²) in [7, 11) is 0. The van der Waals surface area contributed by atoms with Crippen molar-refractivity contribution in [1.29, 1.82) is 0 Å². The maximum absolute atomic E-state index is 13.2. The van der Waals surface area contributed by atoms with Crippen molar-refractivity contribution in [3.63, 3.8) is 0 Å². The number of hydrogen-bond acceptors (Lipinski definition) is 3. The molecule has 0 aliphatic heterocycles. The van der Waals surface area contributed by atoms with Gasteiger partial charge in [-0.1, -0.05) is 0 Å². The lowest BCUT2D eigenvalue weighted by Gasteiger charge is -2.19. The average Bonchev–Trinajstić information content (AvgIpc) is 3.10. The molecule has 0 saturated heterocycles. The minimum absolute atomic E-state index is 0.199. The molecular formula is C10H8F5N3O. The highest BCUT2D eigenvalue weighted by Crippen LogP contribution is 2.44. The summed E-state index contributed by atoms with van der Waals surface area (Å²) in [6, 6.07) is 0.279. The van der Waals surface area contributed by atoms with E-state index >= 15 is 0 Å². The molecule has 2 rings (SSSR count). The third-order valence-electron chi connectivity index (χ3n) is 2.62. The van der Waals surface area contributed by atoms with Crippen LogP contribution >= 0.6 is 0 Å². The Bertz CT molecular complexity index is 524. The molecule has 19 heavy (non-hydrogen) atoms. The zero-order valence-electron chi connectivity index (χ0n) is 9.34. The molecule has 1 aliphatic rings. The fourth-order valence-corrected chi connectivity index (χ4v) is 1.42. The molecule has 2 N–H and O–H groups in total. The molecule has 104 valence electrons. The molecule has 0 aromatic carbocycles. The van der Waals surface area contributed by atoms with Gasteiger partial charge in [0.25, 0.3) is 5.91 Å². The van der Waals surface area contributed by atoms with Gasteiger partial charge >= 0.3 is 12.1 Å². The highest BCUT2D eigenvalue weighted by atomic mass is 19.4. The molecule has 0 atom stereocenters. The van der Waals surface area contributed by atoms with E-state index in [0.29, 0.717) is 12.8 Å². The van der Waals surface area contributed by atoms with Crippen molar-refractivity contribution >= 4 is 5.91 Å². The maximum Gasteiger partial charge on any atom is 0.459 e. The Balaban J connectivity index is 2.53. The lowest BCUT2D eigenvalue weighted by molar-refractivity contribution is -0.291. The monoisotopic (exact) mass is 281 g/mol. The molecule has 1 amide bonds. The number of aromatic nitrogens is 2. The Morgan fingerprint density at radius 2 is 1.79 bits per heavy atom.